The lowest BCUT2D eigenvalue weighted by atomic mass is 9.49. The molecule has 0 heterocycles. The lowest BCUT2D eigenvalue weighted by Gasteiger charge is -2.63. The van der Waals surface area contributed by atoms with Crippen molar-refractivity contribution in [2.45, 2.75) is 42.5 Å². The smallest absolute Gasteiger partial charge is 0.350 e. The summed E-state index contributed by atoms with van der Waals surface area (Å²) in [6, 6.07) is 8.77. The molecular formula is C18H22O5S. The lowest BCUT2D eigenvalue weighted by Crippen LogP contribution is -2.76. The maximum Gasteiger partial charge on any atom is 0.350 e. The summed E-state index contributed by atoms with van der Waals surface area (Å²) < 4.78 is 30.5. The molecule has 130 valence electrons. The van der Waals surface area contributed by atoms with E-state index in [4.69, 9.17) is 4.74 Å². The van der Waals surface area contributed by atoms with Gasteiger partial charge in [-0.25, -0.2) is 13.2 Å². The quantitative estimate of drug-likeness (QED) is 0.902. The highest BCUT2D eigenvalue weighted by molar-refractivity contribution is 7.92. The Balaban J connectivity index is 1.91. The zero-order valence-electron chi connectivity index (χ0n) is 13.6. The number of hydrogen-bond acceptors (Lipinski definition) is 4. The van der Waals surface area contributed by atoms with E-state index in [1.54, 1.807) is 24.3 Å². The minimum Gasteiger partial charge on any atom is -0.478 e. The highest BCUT2D eigenvalue weighted by atomic mass is 32.2. The summed E-state index contributed by atoms with van der Waals surface area (Å²) in [4.78, 5) is 12.5. The van der Waals surface area contributed by atoms with E-state index in [2.05, 4.69) is 0 Å². The van der Waals surface area contributed by atoms with Gasteiger partial charge in [-0.05, 0) is 56.1 Å². The first-order chi connectivity index (χ1) is 11.3. The van der Waals surface area contributed by atoms with Crippen LogP contribution in [0.15, 0.2) is 30.3 Å². The molecule has 4 aliphatic rings. The molecule has 1 aromatic rings. The van der Waals surface area contributed by atoms with E-state index in [1.165, 1.54) is 6.26 Å². The number of para-hydroxylation sites is 1. The molecule has 3 atom stereocenters. The Bertz CT molecular complexity index is 758. The number of sulfone groups is 1. The Hall–Kier alpha value is -1.56. The van der Waals surface area contributed by atoms with E-state index < -0.39 is 26.2 Å². The summed E-state index contributed by atoms with van der Waals surface area (Å²) >= 11 is 0. The lowest BCUT2D eigenvalue weighted by molar-refractivity contribution is -0.188. The summed E-state index contributed by atoms with van der Waals surface area (Å²) in [5, 5.41) is 10.2. The SMILES string of the molecule is CS(=O)(=O)C12CC3CC(CC(C3)C1(Oc1ccccc1)C(=O)O)C2. The molecular weight excluding hydrogens is 328 g/mol. The van der Waals surface area contributed by atoms with Crippen molar-refractivity contribution >= 4 is 15.8 Å². The second-order valence-electron chi connectivity index (χ2n) is 7.77. The number of hydrogen-bond donors (Lipinski definition) is 1. The molecule has 6 heteroatoms. The van der Waals surface area contributed by atoms with Crippen LogP contribution in [0.4, 0.5) is 0 Å². The minimum absolute atomic E-state index is 0.254. The summed E-state index contributed by atoms with van der Waals surface area (Å²) in [5.74, 6) is -0.375. The molecule has 0 aromatic heterocycles. The van der Waals surface area contributed by atoms with Gasteiger partial charge in [-0.2, -0.15) is 0 Å². The van der Waals surface area contributed by atoms with Gasteiger partial charge in [-0.15, -0.1) is 0 Å². The van der Waals surface area contributed by atoms with Crippen molar-refractivity contribution in [2.75, 3.05) is 6.26 Å². The average Bonchev–Trinajstić information content (AvgIpc) is 2.50. The molecule has 4 saturated carbocycles. The largest absolute Gasteiger partial charge is 0.478 e. The third-order valence-electron chi connectivity index (χ3n) is 6.44. The van der Waals surface area contributed by atoms with E-state index in [0.717, 1.165) is 19.3 Å². The predicted molar refractivity (Wildman–Crippen MR) is 88.6 cm³/mol. The van der Waals surface area contributed by atoms with Crippen molar-refractivity contribution in [3.8, 4) is 5.75 Å². The first kappa shape index (κ1) is 15.9. The summed E-state index contributed by atoms with van der Waals surface area (Å²) in [6.45, 7) is 0. The first-order valence-corrected chi connectivity index (χ1v) is 10.3. The van der Waals surface area contributed by atoms with Crippen LogP contribution in [0.1, 0.15) is 32.1 Å². The fourth-order valence-electron chi connectivity index (χ4n) is 5.76. The molecule has 24 heavy (non-hydrogen) atoms. The third kappa shape index (κ3) is 1.92. The van der Waals surface area contributed by atoms with Gasteiger partial charge in [-0.1, -0.05) is 18.2 Å². The number of rotatable bonds is 4. The molecule has 1 aromatic carbocycles. The van der Waals surface area contributed by atoms with Gasteiger partial charge in [0.25, 0.3) is 0 Å². The van der Waals surface area contributed by atoms with Crippen LogP contribution in [0.5, 0.6) is 5.75 Å². The van der Waals surface area contributed by atoms with Gasteiger partial charge < -0.3 is 9.84 Å². The second kappa shape index (κ2) is 4.97. The Labute approximate surface area is 141 Å². The second-order valence-corrected chi connectivity index (χ2v) is 10.1. The standard InChI is InChI=1S/C18H22O5S/c1-24(21,22)17-10-12-7-13(11-17)9-14(8-12)18(17,16(19)20)23-15-5-3-2-4-6-15/h2-6,12-14H,7-11H2,1H3,(H,19,20). The number of benzene rings is 1. The fraction of sp³-hybridized carbons (Fsp3) is 0.611. The molecule has 4 fully saturated rings. The van der Waals surface area contributed by atoms with Crippen LogP contribution in [0.2, 0.25) is 0 Å². The Morgan fingerprint density at radius 3 is 2.21 bits per heavy atom. The molecule has 0 aliphatic heterocycles. The maximum atomic E-state index is 12.9. The molecule has 4 aliphatic carbocycles. The van der Waals surface area contributed by atoms with Crippen molar-refractivity contribution in [3.05, 3.63) is 30.3 Å². The summed E-state index contributed by atoms with van der Waals surface area (Å²) in [7, 11) is -3.60. The van der Waals surface area contributed by atoms with Gasteiger partial charge in [0.2, 0.25) is 5.60 Å². The Morgan fingerprint density at radius 1 is 1.12 bits per heavy atom. The van der Waals surface area contributed by atoms with Crippen LogP contribution in [0, 0.1) is 17.8 Å². The van der Waals surface area contributed by atoms with Gasteiger partial charge >= 0.3 is 5.97 Å². The topological polar surface area (TPSA) is 80.7 Å². The summed E-state index contributed by atoms with van der Waals surface area (Å²) in [5.41, 5.74) is -1.69. The van der Waals surface area contributed by atoms with E-state index in [1.807, 2.05) is 6.07 Å². The summed E-state index contributed by atoms with van der Waals surface area (Å²) in [6.07, 6.45) is 4.50. The molecule has 5 rings (SSSR count). The Morgan fingerprint density at radius 2 is 1.71 bits per heavy atom. The highest BCUT2D eigenvalue weighted by Crippen LogP contribution is 2.64. The molecule has 0 saturated heterocycles. The number of aliphatic carboxylic acids is 1. The highest BCUT2D eigenvalue weighted by Gasteiger charge is 2.75. The Kier molecular flexibility index (Phi) is 3.30. The van der Waals surface area contributed by atoms with Crippen molar-refractivity contribution in [3.63, 3.8) is 0 Å². The zero-order chi connectivity index (χ0) is 17.2. The fourth-order valence-corrected chi connectivity index (χ4v) is 7.69. The molecule has 3 unspecified atom stereocenters. The first-order valence-electron chi connectivity index (χ1n) is 8.45. The van der Waals surface area contributed by atoms with Gasteiger partial charge in [-0.3, -0.25) is 0 Å². The van der Waals surface area contributed by atoms with Crippen LogP contribution in [0.3, 0.4) is 0 Å². The normalized spacial score (nSPS) is 40.5. The van der Waals surface area contributed by atoms with Crippen LogP contribution in [0.25, 0.3) is 0 Å². The minimum atomic E-state index is -3.60. The zero-order valence-corrected chi connectivity index (χ0v) is 14.5. The molecule has 1 N–H and O–H groups in total. The monoisotopic (exact) mass is 350 g/mol. The van der Waals surface area contributed by atoms with E-state index in [0.29, 0.717) is 30.4 Å². The van der Waals surface area contributed by atoms with Crippen molar-refractivity contribution in [1.82, 2.24) is 0 Å². The van der Waals surface area contributed by atoms with Crippen molar-refractivity contribution in [1.29, 1.82) is 0 Å². The molecule has 5 nitrogen and oxygen atoms in total. The van der Waals surface area contributed by atoms with Gasteiger partial charge in [0.15, 0.2) is 9.84 Å². The van der Waals surface area contributed by atoms with Crippen molar-refractivity contribution < 1.29 is 23.1 Å². The van der Waals surface area contributed by atoms with Crippen LogP contribution < -0.4 is 4.74 Å². The van der Waals surface area contributed by atoms with E-state index >= 15 is 0 Å². The number of carbonyl (C=O) groups is 1. The average molecular weight is 350 g/mol. The molecule has 0 radical (unpaired) electrons. The van der Waals surface area contributed by atoms with Crippen LogP contribution in [-0.2, 0) is 14.6 Å². The molecule has 0 amide bonds. The molecule has 4 bridgehead atoms. The van der Waals surface area contributed by atoms with E-state index in [9.17, 15) is 18.3 Å². The van der Waals surface area contributed by atoms with Gasteiger partial charge in [0, 0.05) is 12.2 Å². The van der Waals surface area contributed by atoms with Crippen LogP contribution in [-0.4, -0.2) is 36.1 Å². The number of ether oxygens (including phenoxy) is 1. The number of carboxylic acids is 1. The molecule has 0 spiro atoms. The number of carboxylic acid groups (broad SMARTS) is 1. The predicted octanol–water partition coefficient (Wildman–Crippen LogP) is 2.51. The van der Waals surface area contributed by atoms with Crippen LogP contribution >= 0.6 is 0 Å². The maximum absolute atomic E-state index is 12.9. The third-order valence-corrected chi connectivity index (χ3v) is 8.50. The van der Waals surface area contributed by atoms with E-state index in [-0.39, 0.29) is 5.92 Å². The van der Waals surface area contributed by atoms with Gasteiger partial charge in [0.1, 0.15) is 10.5 Å². The van der Waals surface area contributed by atoms with Crippen molar-refractivity contribution in [2.24, 2.45) is 17.8 Å². The van der Waals surface area contributed by atoms with Gasteiger partial charge in [0.05, 0.1) is 0 Å².